The highest BCUT2D eigenvalue weighted by molar-refractivity contribution is 9.10. The molecule has 0 aliphatic heterocycles. The first kappa shape index (κ1) is 15.9. The Hall–Kier alpha value is -1.44. The minimum Gasteiger partial charge on any atom is -0.389 e. The highest BCUT2D eigenvalue weighted by Gasteiger charge is 2.21. The summed E-state index contributed by atoms with van der Waals surface area (Å²) in [5.41, 5.74) is 6.70. The van der Waals surface area contributed by atoms with Gasteiger partial charge in [-0.3, -0.25) is 4.31 Å². The Balaban J connectivity index is 2.45. The van der Waals surface area contributed by atoms with E-state index in [-0.39, 0.29) is 9.88 Å². The topological polar surface area (TPSA) is 63.4 Å². The first-order valence-corrected chi connectivity index (χ1v) is 8.61. The standard InChI is InChI=1S/C14H13BrN2O2S2/c1-17(12-6-2-4-10(8-12)14(16)20)21(18,19)13-7-3-5-11(15)9-13/h2-9H,1H3,(H2,16,20). The summed E-state index contributed by atoms with van der Waals surface area (Å²) in [6, 6.07) is 13.4. The third-order valence-corrected chi connectivity index (χ3v) is 5.46. The minimum atomic E-state index is -3.64. The van der Waals surface area contributed by atoms with Crippen LogP contribution < -0.4 is 10.0 Å². The van der Waals surface area contributed by atoms with Gasteiger partial charge in [0, 0.05) is 17.1 Å². The summed E-state index contributed by atoms with van der Waals surface area (Å²) in [4.78, 5) is 0.435. The first-order chi connectivity index (χ1) is 9.82. The summed E-state index contributed by atoms with van der Waals surface area (Å²) in [6.45, 7) is 0. The second-order valence-corrected chi connectivity index (χ2v) is 7.67. The van der Waals surface area contributed by atoms with Crippen molar-refractivity contribution < 1.29 is 8.42 Å². The highest BCUT2D eigenvalue weighted by atomic mass is 79.9. The van der Waals surface area contributed by atoms with E-state index in [9.17, 15) is 8.42 Å². The Morgan fingerprint density at radius 3 is 2.48 bits per heavy atom. The van der Waals surface area contributed by atoms with E-state index < -0.39 is 10.0 Å². The maximum absolute atomic E-state index is 12.6. The Bertz CT molecular complexity index is 791. The average molecular weight is 385 g/mol. The van der Waals surface area contributed by atoms with Crippen molar-refractivity contribution in [1.82, 2.24) is 0 Å². The summed E-state index contributed by atoms with van der Waals surface area (Å²) < 4.78 is 27.1. The number of halogens is 1. The molecule has 0 atom stereocenters. The van der Waals surface area contributed by atoms with Gasteiger partial charge in [0.15, 0.2) is 0 Å². The molecule has 0 radical (unpaired) electrons. The molecule has 0 spiro atoms. The van der Waals surface area contributed by atoms with E-state index in [1.165, 1.54) is 11.4 Å². The summed E-state index contributed by atoms with van der Waals surface area (Å²) in [5, 5.41) is 0. The fourth-order valence-electron chi connectivity index (χ4n) is 1.78. The van der Waals surface area contributed by atoms with Crippen LogP contribution in [0.15, 0.2) is 57.9 Å². The SMILES string of the molecule is CN(c1cccc(C(N)=S)c1)S(=O)(=O)c1cccc(Br)c1. The zero-order valence-corrected chi connectivity index (χ0v) is 14.4. The molecule has 0 aliphatic rings. The largest absolute Gasteiger partial charge is 0.389 e. The molecule has 0 aliphatic carbocycles. The zero-order valence-electron chi connectivity index (χ0n) is 11.2. The number of nitrogens with zero attached hydrogens (tertiary/aromatic N) is 1. The predicted octanol–water partition coefficient (Wildman–Crippen LogP) is 2.91. The molecule has 0 bridgehead atoms. The van der Waals surface area contributed by atoms with Crippen molar-refractivity contribution in [2.75, 3.05) is 11.4 Å². The van der Waals surface area contributed by atoms with Crippen molar-refractivity contribution in [2.45, 2.75) is 4.90 Å². The van der Waals surface area contributed by atoms with Gasteiger partial charge >= 0.3 is 0 Å². The van der Waals surface area contributed by atoms with Gasteiger partial charge in [-0.15, -0.1) is 0 Å². The molecular weight excluding hydrogens is 372 g/mol. The van der Waals surface area contributed by atoms with Crippen molar-refractivity contribution in [3.63, 3.8) is 0 Å². The first-order valence-electron chi connectivity index (χ1n) is 5.97. The van der Waals surface area contributed by atoms with Gasteiger partial charge in [0.1, 0.15) is 4.99 Å². The normalized spacial score (nSPS) is 11.1. The number of benzene rings is 2. The van der Waals surface area contributed by atoms with Crippen LogP contribution in [0, 0.1) is 0 Å². The Morgan fingerprint density at radius 2 is 1.86 bits per heavy atom. The van der Waals surface area contributed by atoms with Gasteiger partial charge in [0.25, 0.3) is 10.0 Å². The van der Waals surface area contributed by atoms with E-state index >= 15 is 0 Å². The molecule has 0 amide bonds. The number of rotatable bonds is 4. The second kappa shape index (κ2) is 6.13. The van der Waals surface area contributed by atoms with Gasteiger partial charge in [0.2, 0.25) is 0 Å². The lowest BCUT2D eigenvalue weighted by molar-refractivity contribution is 0.594. The van der Waals surface area contributed by atoms with Crippen LogP contribution in [-0.4, -0.2) is 20.5 Å². The molecule has 2 aromatic rings. The number of nitrogens with two attached hydrogens (primary N) is 1. The van der Waals surface area contributed by atoms with Crippen LogP contribution in [0.25, 0.3) is 0 Å². The van der Waals surface area contributed by atoms with Gasteiger partial charge in [-0.1, -0.05) is 46.3 Å². The van der Waals surface area contributed by atoms with E-state index in [0.717, 1.165) is 0 Å². The van der Waals surface area contributed by atoms with Crippen LogP contribution in [0.4, 0.5) is 5.69 Å². The number of anilines is 1. The fraction of sp³-hybridized carbons (Fsp3) is 0.0714. The van der Waals surface area contributed by atoms with Crippen LogP contribution in [-0.2, 0) is 10.0 Å². The zero-order chi connectivity index (χ0) is 15.6. The van der Waals surface area contributed by atoms with Crippen molar-refractivity contribution in [3.05, 3.63) is 58.6 Å². The molecular formula is C14H13BrN2O2S2. The van der Waals surface area contributed by atoms with E-state index in [4.69, 9.17) is 18.0 Å². The molecule has 7 heteroatoms. The molecule has 2 aromatic carbocycles. The van der Waals surface area contributed by atoms with E-state index in [1.54, 1.807) is 48.5 Å². The van der Waals surface area contributed by atoms with Gasteiger partial charge in [-0.05, 0) is 30.3 Å². The molecule has 0 heterocycles. The quantitative estimate of drug-likeness (QED) is 0.823. The van der Waals surface area contributed by atoms with Crippen LogP contribution in [0.5, 0.6) is 0 Å². The minimum absolute atomic E-state index is 0.208. The Morgan fingerprint density at radius 1 is 1.19 bits per heavy atom. The number of sulfonamides is 1. The summed E-state index contributed by atoms with van der Waals surface area (Å²) >= 11 is 8.19. The molecule has 2 rings (SSSR count). The molecule has 2 N–H and O–H groups in total. The van der Waals surface area contributed by atoms with Crippen LogP contribution in [0.2, 0.25) is 0 Å². The maximum atomic E-state index is 12.6. The summed E-state index contributed by atoms with van der Waals surface area (Å²) in [5.74, 6) is 0. The molecule has 0 saturated carbocycles. The monoisotopic (exact) mass is 384 g/mol. The number of thiocarbonyl (C=S) groups is 1. The lowest BCUT2D eigenvalue weighted by Gasteiger charge is -2.20. The second-order valence-electron chi connectivity index (χ2n) is 4.34. The smallest absolute Gasteiger partial charge is 0.264 e. The maximum Gasteiger partial charge on any atom is 0.264 e. The molecule has 110 valence electrons. The van der Waals surface area contributed by atoms with Gasteiger partial charge in [0.05, 0.1) is 10.6 Å². The highest BCUT2D eigenvalue weighted by Crippen LogP contribution is 2.24. The summed E-state index contributed by atoms with van der Waals surface area (Å²) in [7, 11) is -2.14. The molecule has 21 heavy (non-hydrogen) atoms. The van der Waals surface area contributed by atoms with Gasteiger partial charge in [-0.25, -0.2) is 8.42 Å². The average Bonchev–Trinajstić information content (AvgIpc) is 2.46. The molecule has 4 nitrogen and oxygen atoms in total. The van der Waals surface area contributed by atoms with Crippen molar-refractivity contribution in [1.29, 1.82) is 0 Å². The third-order valence-electron chi connectivity index (χ3n) is 2.95. The molecule has 0 aromatic heterocycles. The molecule has 0 unspecified atom stereocenters. The van der Waals surface area contributed by atoms with E-state index in [1.807, 2.05) is 0 Å². The lowest BCUT2D eigenvalue weighted by atomic mass is 10.2. The molecule has 0 saturated heterocycles. The van der Waals surface area contributed by atoms with E-state index in [2.05, 4.69) is 15.9 Å². The number of hydrogen-bond donors (Lipinski definition) is 1. The fourth-order valence-corrected chi connectivity index (χ4v) is 3.69. The van der Waals surface area contributed by atoms with Crippen LogP contribution >= 0.6 is 28.1 Å². The van der Waals surface area contributed by atoms with Crippen LogP contribution in [0.1, 0.15) is 5.56 Å². The number of hydrogen-bond acceptors (Lipinski definition) is 3. The lowest BCUT2D eigenvalue weighted by Crippen LogP contribution is -2.26. The van der Waals surface area contributed by atoms with Gasteiger partial charge in [-0.2, -0.15) is 0 Å². The molecule has 0 fully saturated rings. The van der Waals surface area contributed by atoms with Crippen LogP contribution in [0.3, 0.4) is 0 Å². The van der Waals surface area contributed by atoms with Gasteiger partial charge < -0.3 is 5.73 Å². The Labute approximate surface area is 137 Å². The van der Waals surface area contributed by atoms with Crippen molar-refractivity contribution in [3.8, 4) is 0 Å². The van der Waals surface area contributed by atoms with Crippen molar-refractivity contribution >= 4 is 48.8 Å². The Kier molecular flexibility index (Phi) is 4.65. The summed E-state index contributed by atoms with van der Waals surface area (Å²) in [6.07, 6.45) is 0. The third kappa shape index (κ3) is 3.42. The van der Waals surface area contributed by atoms with Crippen molar-refractivity contribution in [2.24, 2.45) is 5.73 Å². The predicted molar refractivity (Wildman–Crippen MR) is 92.1 cm³/mol. The van der Waals surface area contributed by atoms with E-state index in [0.29, 0.717) is 15.7 Å².